The van der Waals surface area contributed by atoms with Gasteiger partial charge in [0.2, 0.25) is 0 Å². The third-order valence-electron chi connectivity index (χ3n) is 9.93. The zero-order chi connectivity index (χ0) is 35.1. The number of anilines is 3. The molecule has 0 radical (unpaired) electrons. The lowest BCUT2D eigenvalue weighted by Crippen LogP contribution is -2.10. The first kappa shape index (κ1) is 31.0. The minimum Gasteiger partial charge on any atom is -0.456 e. The minimum absolute atomic E-state index is 0.851. The molecule has 0 unspecified atom stereocenters. The van der Waals surface area contributed by atoms with Crippen molar-refractivity contribution >= 4 is 60.6 Å². The van der Waals surface area contributed by atoms with E-state index >= 15 is 0 Å². The molecule has 0 N–H and O–H groups in total. The Kier molecular flexibility index (Phi) is 7.67. The highest BCUT2D eigenvalue weighted by Crippen LogP contribution is 2.45. The SMILES string of the molecule is c1ccc(-c2ccc(N(c3ccc(-c4ccccc4)cc3)c3cccc4oc5cc(-c6cccc7nc(-c8ccccc8)sc67)ccc5c34)cc2)cc1. The highest BCUT2D eigenvalue weighted by molar-refractivity contribution is 7.22. The molecule has 0 aliphatic rings. The van der Waals surface area contributed by atoms with Crippen molar-refractivity contribution in [3.05, 3.63) is 194 Å². The largest absolute Gasteiger partial charge is 0.456 e. The van der Waals surface area contributed by atoms with Crippen LogP contribution in [0.4, 0.5) is 17.1 Å². The second-order valence-electron chi connectivity index (χ2n) is 13.2. The first-order valence-corrected chi connectivity index (χ1v) is 18.6. The van der Waals surface area contributed by atoms with Crippen molar-refractivity contribution in [2.75, 3.05) is 4.90 Å². The van der Waals surface area contributed by atoms with Crippen molar-refractivity contribution in [1.29, 1.82) is 0 Å². The average molecular weight is 697 g/mol. The number of hydrogen-bond donors (Lipinski definition) is 0. The molecule has 10 rings (SSSR count). The van der Waals surface area contributed by atoms with E-state index in [1.54, 1.807) is 11.3 Å². The summed E-state index contributed by atoms with van der Waals surface area (Å²) in [6, 6.07) is 68.5. The van der Waals surface area contributed by atoms with Crippen LogP contribution in [0.1, 0.15) is 0 Å². The molecule has 0 aliphatic heterocycles. The molecule has 0 atom stereocenters. The average Bonchev–Trinajstić information content (AvgIpc) is 3.85. The van der Waals surface area contributed by atoms with Gasteiger partial charge in [-0.25, -0.2) is 4.98 Å². The van der Waals surface area contributed by atoms with Crippen LogP contribution in [0.25, 0.3) is 76.1 Å². The maximum absolute atomic E-state index is 6.68. The van der Waals surface area contributed by atoms with Gasteiger partial charge in [-0.2, -0.15) is 0 Å². The molecule has 4 heteroatoms. The van der Waals surface area contributed by atoms with E-state index in [0.29, 0.717) is 0 Å². The van der Waals surface area contributed by atoms with E-state index in [1.165, 1.54) is 27.0 Å². The predicted molar refractivity (Wildman–Crippen MR) is 223 cm³/mol. The van der Waals surface area contributed by atoms with Gasteiger partial charge in [-0.05, 0) is 82.4 Å². The van der Waals surface area contributed by atoms with E-state index in [0.717, 1.165) is 66.2 Å². The van der Waals surface area contributed by atoms with Crippen LogP contribution in [-0.4, -0.2) is 4.98 Å². The summed E-state index contributed by atoms with van der Waals surface area (Å²) in [5, 5.41) is 3.18. The predicted octanol–water partition coefficient (Wildman–Crippen LogP) is 14.3. The zero-order valence-corrected chi connectivity index (χ0v) is 29.5. The molecular formula is C49H32N2OS. The lowest BCUT2D eigenvalue weighted by molar-refractivity contribution is 0.669. The molecule has 53 heavy (non-hydrogen) atoms. The fraction of sp³-hybridized carbons (Fsp3) is 0. The van der Waals surface area contributed by atoms with Gasteiger partial charge in [0.1, 0.15) is 16.2 Å². The third-order valence-corrected chi connectivity index (χ3v) is 11.1. The molecule has 8 aromatic carbocycles. The van der Waals surface area contributed by atoms with Crippen molar-refractivity contribution in [3.63, 3.8) is 0 Å². The van der Waals surface area contributed by atoms with Crippen LogP contribution in [0, 0.1) is 0 Å². The second kappa shape index (κ2) is 13.1. The smallest absolute Gasteiger partial charge is 0.137 e. The highest BCUT2D eigenvalue weighted by atomic mass is 32.1. The number of hydrogen-bond acceptors (Lipinski definition) is 4. The Labute approximate surface area is 311 Å². The van der Waals surface area contributed by atoms with Gasteiger partial charge in [0, 0.05) is 27.9 Å². The van der Waals surface area contributed by atoms with Crippen molar-refractivity contribution in [2.45, 2.75) is 0 Å². The van der Waals surface area contributed by atoms with Gasteiger partial charge < -0.3 is 9.32 Å². The van der Waals surface area contributed by atoms with Gasteiger partial charge in [-0.1, -0.05) is 140 Å². The highest BCUT2D eigenvalue weighted by Gasteiger charge is 2.21. The van der Waals surface area contributed by atoms with E-state index < -0.39 is 0 Å². The summed E-state index contributed by atoms with van der Waals surface area (Å²) >= 11 is 1.73. The number of aromatic nitrogens is 1. The zero-order valence-electron chi connectivity index (χ0n) is 28.7. The standard InChI is InChI=1S/C49H32N2OS/c1-4-12-33(13-5-1)35-22-27-39(28-23-35)51(40-29-24-36(25-30-40)34-14-6-2-7-15-34)44-20-11-21-45-47(44)42-31-26-38(32-46(42)52-45)41-18-10-19-43-48(41)53-49(50-43)37-16-8-3-9-17-37/h1-32H. The molecule has 0 amide bonds. The fourth-order valence-corrected chi connectivity index (χ4v) is 8.44. The first-order chi connectivity index (χ1) is 26.3. The van der Waals surface area contributed by atoms with E-state index in [2.05, 4.69) is 193 Å². The van der Waals surface area contributed by atoms with Crippen molar-refractivity contribution < 1.29 is 4.42 Å². The van der Waals surface area contributed by atoms with Crippen LogP contribution in [0.5, 0.6) is 0 Å². The first-order valence-electron chi connectivity index (χ1n) is 17.8. The molecule has 0 bridgehead atoms. The normalized spacial score (nSPS) is 11.4. The maximum atomic E-state index is 6.68. The van der Waals surface area contributed by atoms with Crippen LogP contribution < -0.4 is 4.90 Å². The van der Waals surface area contributed by atoms with Gasteiger partial charge in [0.25, 0.3) is 0 Å². The number of thiazole rings is 1. The van der Waals surface area contributed by atoms with E-state index in [1.807, 2.05) is 6.07 Å². The van der Waals surface area contributed by atoms with Gasteiger partial charge in [-0.3, -0.25) is 0 Å². The number of benzene rings is 8. The summed E-state index contributed by atoms with van der Waals surface area (Å²) in [6.45, 7) is 0. The van der Waals surface area contributed by atoms with Crippen LogP contribution in [0.15, 0.2) is 199 Å². The van der Waals surface area contributed by atoms with Crippen LogP contribution in [0.3, 0.4) is 0 Å². The van der Waals surface area contributed by atoms with Gasteiger partial charge in [0.05, 0.1) is 21.3 Å². The summed E-state index contributed by atoms with van der Waals surface area (Å²) in [7, 11) is 0. The van der Waals surface area contributed by atoms with Crippen molar-refractivity contribution in [1.82, 2.24) is 4.98 Å². The van der Waals surface area contributed by atoms with Gasteiger partial charge in [0.15, 0.2) is 0 Å². The fourth-order valence-electron chi connectivity index (χ4n) is 7.34. The number of fused-ring (bicyclic) bond motifs is 4. The summed E-state index contributed by atoms with van der Waals surface area (Å²) in [5.74, 6) is 0. The maximum Gasteiger partial charge on any atom is 0.137 e. The Morgan fingerprint density at radius 2 is 0.981 bits per heavy atom. The molecule has 0 aliphatic carbocycles. The Balaban J connectivity index is 1.10. The molecule has 3 nitrogen and oxygen atoms in total. The molecule has 0 saturated heterocycles. The summed E-state index contributed by atoms with van der Waals surface area (Å²) in [4.78, 5) is 7.33. The lowest BCUT2D eigenvalue weighted by Gasteiger charge is -2.26. The summed E-state index contributed by atoms with van der Waals surface area (Å²) in [6.07, 6.45) is 0. The summed E-state index contributed by atoms with van der Waals surface area (Å²) in [5.41, 5.74) is 14.1. The Morgan fingerprint density at radius 3 is 1.60 bits per heavy atom. The monoisotopic (exact) mass is 696 g/mol. The number of nitrogens with zero attached hydrogens (tertiary/aromatic N) is 2. The van der Waals surface area contributed by atoms with E-state index in [-0.39, 0.29) is 0 Å². The van der Waals surface area contributed by atoms with Crippen LogP contribution >= 0.6 is 11.3 Å². The molecule has 250 valence electrons. The molecule has 0 fully saturated rings. The van der Waals surface area contributed by atoms with E-state index in [9.17, 15) is 0 Å². The van der Waals surface area contributed by atoms with Crippen molar-refractivity contribution in [2.24, 2.45) is 0 Å². The van der Waals surface area contributed by atoms with Gasteiger partial charge >= 0.3 is 0 Å². The quantitative estimate of drug-likeness (QED) is 0.166. The topological polar surface area (TPSA) is 29.3 Å². The number of rotatable bonds is 7. The Bertz CT molecular complexity index is 2780. The molecule has 0 saturated carbocycles. The third kappa shape index (κ3) is 5.66. The molecule has 10 aromatic rings. The molecule has 2 aromatic heterocycles. The molecule has 0 spiro atoms. The molecule has 2 heterocycles. The van der Waals surface area contributed by atoms with Gasteiger partial charge in [-0.15, -0.1) is 11.3 Å². The lowest BCUT2D eigenvalue weighted by atomic mass is 10.0. The second-order valence-corrected chi connectivity index (χ2v) is 14.2. The van der Waals surface area contributed by atoms with Crippen LogP contribution in [0.2, 0.25) is 0 Å². The van der Waals surface area contributed by atoms with Crippen LogP contribution in [-0.2, 0) is 0 Å². The number of furan rings is 1. The minimum atomic E-state index is 0.851. The van der Waals surface area contributed by atoms with Crippen molar-refractivity contribution in [3.8, 4) is 44.0 Å². The Morgan fingerprint density at radius 1 is 0.434 bits per heavy atom. The van der Waals surface area contributed by atoms with E-state index in [4.69, 9.17) is 9.40 Å². The summed E-state index contributed by atoms with van der Waals surface area (Å²) < 4.78 is 7.85. The molecular weight excluding hydrogens is 665 g/mol. The Hall–Kier alpha value is -6.75.